The van der Waals surface area contributed by atoms with Gasteiger partial charge in [0, 0.05) is 30.8 Å². The fourth-order valence-corrected chi connectivity index (χ4v) is 3.23. The molecular formula is C22H25N3O2. The second-order valence-corrected chi connectivity index (χ2v) is 6.49. The highest BCUT2D eigenvalue weighted by Crippen LogP contribution is 2.34. The minimum Gasteiger partial charge on any atom is -0.383 e. The average molecular weight is 363 g/mol. The molecule has 0 bridgehead atoms. The molecule has 2 aromatic carbocycles. The minimum absolute atomic E-state index is 0.0797. The molecule has 0 unspecified atom stereocenters. The number of imidazole rings is 1. The first-order chi connectivity index (χ1) is 13.1. The van der Waals surface area contributed by atoms with E-state index in [9.17, 15) is 4.79 Å². The highest BCUT2D eigenvalue weighted by atomic mass is 16.5. The first-order valence-electron chi connectivity index (χ1n) is 9.13. The molecule has 27 heavy (non-hydrogen) atoms. The van der Waals surface area contributed by atoms with Crippen molar-refractivity contribution in [3.8, 4) is 22.5 Å². The molecule has 0 radical (unpaired) electrons. The number of hydrogen-bond acceptors (Lipinski definition) is 3. The van der Waals surface area contributed by atoms with Gasteiger partial charge >= 0.3 is 0 Å². The number of aromatic nitrogens is 2. The number of carbonyl (C=O) groups excluding carboxylic acids is 1. The molecule has 0 aliphatic rings. The fraction of sp³-hybridized carbons (Fsp3) is 0.273. The Morgan fingerprint density at radius 1 is 1.11 bits per heavy atom. The summed E-state index contributed by atoms with van der Waals surface area (Å²) in [7, 11) is 1.72. The molecule has 0 saturated heterocycles. The van der Waals surface area contributed by atoms with Crippen molar-refractivity contribution in [2.75, 3.05) is 19.0 Å². The van der Waals surface area contributed by atoms with Gasteiger partial charge in [0.1, 0.15) is 0 Å². The van der Waals surface area contributed by atoms with Gasteiger partial charge in [-0.05, 0) is 18.6 Å². The van der Waals surface area contributed by atoms with Crippen molar-refractivity contribution in [2.45, 2.75) is 26.3 Å². The summed E-state index contributed by atoms with van der Waals surface area (Å²) in [5.74, 6) is -0.0797. The van der Waals surface area contributed by atoms with Gasteiger partial charge in [-0.1, -0.05) is 49.4 Å². The summed E-state index contributed by atoms with van der Waals surface area (Å²) >= 11 is 0. The van der Waals surface area contributed by atoms with Gasteiger partial charge in [0.2, 0.25) is 5.91 Å². The first-order valence-corrected chi connectivity index (χ1v) is 9.13. The zero-order valence-electron chi connectivity index (χ0n) is 16.0. The number of methoxy groups -OCH3 is 1. The van der Waals surface area contributed by atoms with Crippen LogP contribution in [-0.4, -0.2) is 29.2 Å². The van der Waals surface area contributed by atoms with Crippen molar-refractivity contribution >= 4 is 11.6 Å². The Balaban J connectivity index is 2.10. The Morgan fingerprint density at radius 2 is 1.81 bits per heavy atom. The van der Waals surface area contributed by atoms with Crippen molar-refractivity contribution < 1.29 is 9.53 Å². The normalized spacial score (nSPS) is 12.0. The summed E-state index contributed by atoms with van der Waals surface area (Å²) < 4.78 is 7.62. The number of ether oxygens (including phenoxy) is 1. The summed E-state index contributed by atoms with van der Waals surface area (Å²) in [6.45, 7) is 4.28. The molecule has 0 aliphatic heterocycles. The number of amides is 1. The predicted molar refractivity (Wildman–Crippen MR) is 109 cm³/mol. The molecule has 3 rings (SSSR count). The molecule has 0 aliphatic carbocycles. The zero-order chi connectivity index (χ0) is 19.2. The summed E-state index contributed by atoms with van der Waals surface area (Å²) in [6.07, 6.45) is 2.84. The van der Waals surface area contributed by atoms with Crippen molar-refractivity contribution in [3.63, 3.8) is 0 Å². The maximum absolute atomic E-state index is 11.3. The monoisotopic (exact) mass is 363 g/mol. The second-order valence-electron chi connectivity index (χ2n) is 6.49. The van der Waals surface area contributed by atoms with E-state index in [4.69, 9.17) is 9.72 Å². The van der Waals surface area contributed by atoms with Crippen LogP contribution in [0.4, 0.5) is 5.69 Å². The predicted octanol–water partition coefficient (Wildman–Crippen LogP) is 4.77. The van der Waals surface area contributed by atoms with E-state index in [-0.39, 0.29) is 11.9 Å². The van der Waals surface area contributed by atoms with Gasteiger partial charge in [-0.2, -0.15) is 0 Å². The molecular weight excluding hydrogens is 338 g/mol. The highest BCUT2D eigenvalue weighted by molar-refractivity contribution is 5.89. The first kappa shape index (κ1) is 18.9. The molecule has 0 saturated carbocycles. The standard InChI is InChI=1S/C22H25N3O2/c1-4-20(14-27-3)25-15-23-21(17-8-6-5-7-9-17)22(25)18-10-12-19(13-11-18)24-16(2)26/h5-13,15,20H,4,14H2,1-3H3,(H,24,26)/t20-/m0/s1. The number of anilines is 1. The third kappa shape index (κ3) is 4.26. The van der Waals surface area contributed by atoms with Gasteiger partial charge in [-0.25, -0.2) is 4.98 Å². The molecule has 1 aromatic heterocycles. The Kier molecular flexibility index (Phi) is 6.04. The molecule has 1 amide bonds. The average Bonchev–Trinajstić information content (AvgIpc) is 3.12. The van der Waals surface area contributed by atoms with Gasteiger partial charge in [-0.15, -0.1) is 0 Å². The summed E-state index contributed by atoms with van der Waals surface area (Å²) in [4.78, 5) is 16.0. The second kappa shape index (κ2) is 8.64. The van der Waals surface area contributed by atoms with Crippen molar-refractivity contribution in [1.29, 1.82) is 0 Å². The van der Waals surface area contributed by atoms with Crippen LogP contribution in [0, 0.1) is 0 Å². The van der Waals surface area contributed by atoms with E-state index >= 15 is 0 Å². The topological polar surface area (TPSA) is 56.1 Å². The lowest BCUT2D eigenvalue weighted by molar-refractivity contribution is -0.114. The summed E-state index contributed by atoms with van der Waals surface area (Å²) in [5, 5.41) is 2.81. The lowest BCUT2D eigenvalue weighted by Crippen LogP contribution is -2.14. The number of nitrogens with zero attached hydrogens (tertiary/aromatic N) is 2. The smallest absolute Gasteiger partial charge is 0.221 e. The van der Waals surface area contributed by atoms with Gasteiger partial charge in [0.05, 0.1) is 30.4 Å². The minimum atomic E-state index is -0.0797. The fourth-order valence-electron chi connectivity index (χ4n) is 3.23. The van der Waals surface area contributed by atoms with Crippen LogP contribution in [0.3, 0.4) is 0 Å². The SMILES string of the molecule is CC[C@@H](COC)n1cnc(-c2ccccc2)c1-c1ccc(NC(C)=O)cc1. The van der Waals surface area contributed by atoms with E-state index in [0.29, 0.717) is 6.61 Å². The Bertz CT molecular complexity index is 886. The molecule has 5 nitrogen and oxygen atoms in total. The van der Waals surface area contributed by atoms with Gasteiger partial charge < -0.3 is 14.6 Å². The Morgan fingerprint density at radius 3 is 2.41 bits per heavy atom. The molecule has 140 valence electrons. The van der Waals surface area contributed by atoms with Crippen molar-refractivity contribution in [2.24, 2.45) is 0 Å². The van der Waals surface area contributed by atoms with E-state index in [0.717, 1.165) is 34.6 Å². The molecule has 1 atom stereocenters. The Hall–Kier alpha value is -2.92. The Labute approximate surface area is 160 Å². The van der Waals surface area contributed by atoms with Gasteiger partial charge in [-0.3, -0.25) is 4.79 Å². The molecule has 0 spiro atoms. The summed E-state index contributed by atoms with van der Waals surface area (Å²) in [5.41, 5.74) is 4.90. The van der Waals surface area contributed by atoms with Crippen LogP contribution < -0.4 is 5.32 Å². The lowest BCUT2D eigenvalue weighted by atomic mass is 10.0. The van der Waals surface area contributed by atoms with E-state index in [1.165, 1.54) is 6.92 Å². The summed E-state index contributed by atoms with van der Waals surface area (Å²) in [6, 6.07) is 18.2. The molecule has 3 aromatic rings. The van der Waals surface area contributed by atoms with Crippen molar-refractivity contribution in [1.82, 2.24) is 9.55 Å². The van der Waals surface area contributed by atoms with Crippen LogP contribution in [0.1, 0.15) is 26.3 Å². The number of carbonyl (C=O) groups is 1. The largest absolute Gasteiger partial charge is 0.383 e. The highest BCUT2D eigenvalue weighted by Gasteiger charge is 2.19. The maximum atomic E-state index is 11.3. The number of benzene rings is 2. The van der Waals surface area contributed by atoms with Gasteiger partial charge in [0.25, 0.3) is 0 Å². The number of nitrogens with one attached hydrogen (secondary N) is 1. The molecule has 1 N–H and O–H groups in total. The van der Waals surface area contributed by atoms with Crippen LogP contribution in [0.2, 0.25) is 0 Å². The van der Waals surface area contributed by atoms with Crippen LogP contribution in [0.15, 0.2) is 60.9 Å². The third-order valence-corrected chi connectivity index (χ3v) is 4.54. The maximum Gasteiger partial charge on any atom is 0.221 e. The van der Waals surface area contributed by atoms with E-state index in [1.807, 2.05) is 48.8 Å². The van der Waals surface area contributed by atoms with E-state index < -0.39 is 0 Å². The van der Waals surface area contributed by atoms with Crippen LogP contribution >= 0.6 is 0 Å². The van der Waals surface area contributed by atoms with Crippen LogP contribution in [-0.2, 0) is 9.53 Å². The van der Waals surface area contributed by atoms with Crippen LogP contribution in [0.25, 0.3) is 22.5 Å². The molecule has 0 fully saturated rings. The van der Waals surface area contributed by atoms with E-state index in [1.54, 1.807) is 7.11 Å². The van der Waals surface area contributed by atoms with Gasteiger partial charge in [0.15, 0.2) is 0 Å². The lowest BCUT2D eigenvalue weighted by Gasteiger charge is -2.20. The molecule has 5 heteroatoms. The number of rotatable bonds is 7. The van der Waals surface area contributed by atoms with Crippen molar-refractivity contribution in [3.05, 3.63) is 60.9 Å². The van der Waals surface area contributed by atoms with E-state index in [2.05, 4.69) is 28.9 Å². The zero-order valence-corrected chi connectivity index (χ0v) is 16.0. The molecule has 1 heterocycles. The van der Waals surface area contributed by atoms with Crippen LogP contribution in [0.5, 0.6) is 0 Å². The number of hydrogen-bond donors (Lipinski definition) is 1. The quantitative estimate of drug-likeness (QED) is 0.658. The third-order valence-electron chi connectivity index (χ3n) is 4.54.